The Bertz CT molecular complexity index is 706. The van der Waals surface area contributed by atoms with Crippen molar-refractivity contribution in [3.8, 4) is 5.75 Å². The molecule has 0 heterocycles. The molecule has 0 unspecified atom stereocenters. The molecule has 0 saturated heterocycles. The summed E-state index contributed by atoms with van der Waals surface area (Å²) >= 11 is 0. The second-order valence-electron chi connectivity index (χ2n) is 7.38. The van der Waals surface area contributed by atoms with Gasteiger partial charge in [0.25, 0.3) is 0 Å². The summed E-state index contributed by atoms with van der Waals surface area (Å²) in [7, 11) is 0.856. The summed E-state index contributed by atoms with van der Waals surface area (Å²) in [4.78, 5) is 0. The number of unbranched alkanes of at least 4 members (excludes halogenated alkanes) is 2. The Morgan fingerprint density at radius 2 is 1.50 bits per heavy atom. The van der Waals surface area contributed by atoms with Crippen LogP contribution < -0.4 is 5.19 Å². The third kappa shape index (κ3) is 5.74. The molecule has 1 N–H and O–H groups in total. The van der Waals surface area contributed by atoms with Gasteiger partial charge in [-0.25, -0.2) is 0 Å². The van der Waals surface area contributed by atoms with Gasteiger partial charge in [0.15, 0.2) is 0 Å². The predicted molar refractivity (Wildman–Crippen MR) is 115 cm³/mol. The first kappa shape index (κ1) is 20.8. The lowest BCUT2D eigenvalue weighted by molar-refractivity contribution is 0.465. The van der Waals surface area contributed by atoms with Gasteiger partial charge < -0.3 is 5.11 Å². The van der Waals surface area contributed by atoms with E-state index in [2.05, 4.69) is 58.0 Å². The van der Waals surface area contributed by atoms with Gasteiger partial charge in [0.1, 0.15) is 5.75 Å². The molecule has 0 saturated carbocycles. The van der Waals surface area contributed by atoms with E-state index in [0.29, 0.717) is 5.75 Å². The van der Waals surface area contributed by atoms with Crippen molar-refractivity contribution in [1.29, 1.82) is 0 Å². The van der Waals surface area contributed by atoms with Crippen molar-refractivity contribution in [2.24, 2.45) is 0 Å². The molecule has 0 aliphatic carbocycles. The van der Waals surface area contributed by atoms with Gasteiger partial charge in [0.2, 0.25) is 0 Å². The van der Waals surface area contributed by atoms with E-state index < -0.39 is 0 Å². The van der Waals surface area contributed by atoms with Gasteiger partial charge in [0, 0.05) is 0 Å². The quantitative estimate of drug-likeness (QED) is 0.536. The number of phenolic OH excluding ortho intramolecular Hbond substituents is 1. The molecule has 2 aromatic rings. The van der Waals surface area contributed by atoms with Crippen LogP contribution in [0.25, 0.3) is 0 Å². The summed E-state index contributed by atoms with van der Waals surface area (Å²) in [5.74, 6) is 0.505. The van der Waals surface area contributed by atoms with Crippen LogP contribution in [0.4, 0.5) is 0 Å². The maximum atomic E-state index is 10.4. The maximum absolute atomic E-state index is 10.4. The summed E-state index contributed by atoms with van der Waals surface area (Å²) in [6.45, 7) is 8.88. The molecular weight excluding hydrogens is 332 g/mol. The van der Waals surface area contributed by atoms with Crippen LogP contribution in [0.2, 0.25) is 6.04 Å². The predicted octanol–water partition coefficient (Wildman–Crippen LogP) is 5.68. The average molecular weight is 367 g/mol. The number of aromatic hydroxyl groups is 1. The summed E-state index contributed by atoms with van der Waals surface area (Å²) in [5, 5.41) is 11.9. The van der Waals surface area contributed by atoms with E-state index in [0.717, 1.165) is 40.8 Å². The summed E-state index contributed by atoms with van der Waals surface area (Å²) in [5.41, 5.74) is 6.80. The van der Waals surface area contributed by atoms with Crippen LogP contribution in [0.1, 0.15) is 67.3 Å². The molecule has 0 amide bonds. The fraction of sp³-hybridized carbons (Fsp3) is 0.500. The first-order valence-corrected chi connectivity index (χ1v) is 11.4. The smallest absolute Gasteiger partial charge is 0.119 e. The third-order valence-electron chi connectivity index (χ3n) is 5.31. The number of benzene rings is 2. The first-order chi connectivity index (χ1) is 12.6. The second-order valence-corrected chi connectivity index (χ2v) is 8.77. The Morgan fingerprint density at radius 1 is 0.846 bits per heavy atom. The van der Waals surface area contributed by atoms with Gasteiger partial charge in [-0.3, -0.25) is 0 Å². The van der Waals surface area contributed by atoms with Gasteiger partial charge in [-0.05, 0) is 79.8 Å². The molecule has 1 nitrogen and oxygen atoms in total. The molecule has 0 fully saturated rings. The van der Waals surface area contributed by atoms with Gasteiger partial charge in [-0.15, -0.1) is 0 Å². The first-order valence-electron chi connectivity index (χ1n) is 10.2. The summed E-state index contributed by atoms with van der Waals surface area (Å²) < 4.78 is 0. The van der Waals surface area contributed by atoms with E-state index >= 15 is 0 Å². The van der Waals surface area contributed by atoms with E-state index in [1.807, 2.05) is 0 Å². The number of hydrogen-bond acceptors (Lipinski definition) is 1. The molecule has 2 aromatic carbocycles. The lowest BCUT2D eigenvalue weighted by atomic mass is 9.95. The van der Waals surface area contributed by atoms with Gasteiger partial charge in [-0.2, -0.15) is 0 Å². The minimum absolute atomic E-state index is 0.505. The molecule has 0 aliphatic heterocycles. The standard InChI is InChI=1S/C24H34OSi/c1-5-7-11-20-17-23(25)22(12-8-6-2)16-21(20)14-15-26-24-13-9-10-18(3)19(24)4/h9-10,13,16-17,25H,5-8,11-12,14-15H2,1-4H3. The minimum atomic E-state index is 0.505. The number of rotatable bonds is 10. The molecule has 0 aromatic heterocycles. The highest BCUT2D eigenvalue weighted by molar-refractivity contribution is 6.54. The van der Waals surface area contributed by atoms with Crippen molar-refractivity contribution in [2.75, 3.05) is 0 Å². The molecule has 2 heteroatoms. The third-order valence-corrected chi connectivity index (χ3v) is 6.74. The van der Waals surface area contributed by atoms with Crippen LogP contribution in [0.15, 0.2) is 30.3 Å². The highest BCUT2D eigenvalue weighted by Crippen LogP contribution is 2.26. The molecule has 2 radical (unpaired) electrons. The van der Waals surface area contributed by atoms with Crippen LogP contribution in [0, 0.1) is 13.8 Å². The van der Waals surface area contributed by atoms with Crippen molar-refractivity contribution in [3.63, 3.8) is 0 Å². The Morgan fingerprint density at radius 3 is 2.19 bits per heavy atom. The topological polar surface area (TPSA) is 20.2 Å². The molecule has 140 valence electrons. The largest absolute Gasteiger partial charge is 0.508 e. The lowest BCUT2D eigenvalue weighted by Gasteiger charge is -2.14. The number of phenols is 1. The summed E-state index contributed by atoms with van der Waals surface area (Å²) in [6, 6.07) is 12.2. The van der Waals surface area contributed by atoms with Crippen LogP contribution in [-0.4, -0.2) is 14.6 Å². The molecule has 26 heavy (non-hydrogen) atoms. The number of hydrogen-bond donors (Lipinski definition) is 1. The highest BCUT2D eigenvalue weighted by Gasteiger charge is 2.10. The van der Waals surface area contributed by atoms with E-state index in [1.165, 1.54) is 52.7 Å². The molecule has 0 aliphatic rings. The monoisotopic (exact) mass is 366 g/mol. The fourth-order valence-electron chi connectivity index (χ4n) is 3.40. The van der Waals surface area contributed by atoms with Gasteiger partial charge in [-0.1, -0.05) is 62.2 Å². The van der Waals surface area contributed by atoms with Crippen LogP contribution in [0.5, 0.6) is 5.75 Å². The van der Waals surface area contributed by atoms with Gasteiger partial charge >= 0.3 is 0 Å². The minimum Gasteiger partial charge on any atom is -0.508 e. The summed E-state index contributed by atoms with van der Waals surface area (Å²) in [6.07, 6.45) is 7.89. The van der Waals surface area contributed by atoms with Crippen molar-refractivity contribution in [3.05, 3.63) is 58.1 Å². The second kappa shape index (κ2) is 10.6. The fourth-order valence-corrected chi connectivity index (χ4v) is 4.74. The van der Waals surface area contributed by atoms with Gasteiger partial charge in [0.05, 0.1) is 9.52 Å². The van der Waals surface area contributed by atoms with E-state index in [1.54, 1.807) is 0 Å². The van der Waals surface area contributed by atoms with E-state index in [9.17, 15) is 5.11 Å². The molecular formula is C24H34OSi. The van der Waals surface area contributed by atoms with Crippen LogP contribution in [0.3, 0.4) is 0 Å². The Hall–Kier alpha value is -1.54. The molecule has 0 atom stereocenters. The van der Waals surface area contributed by atoms with Crippen LogP contribution in [-0.2, 0) is 19.3 Å². The van der Waals surface area contributed by atoms with E-state index in [-0.39, 0.29) is 0 Å². The van der Waals surface area contributed by atoms with E-state index in [4.69, 9.17) is 0 Å². The van der Waals surface area contributed by atoms with Crippen molar-refractivity contribution >= 4 is 14.7 Å². The number of aryl methyl sites for hydroxylation is 4. The Balaban J connectivity index is 2.12. The zero-order chi connectivity index (χ0) is 18.9. The van der Waals surface area contributed by atoms with Crippen molar-refractivity contribution in [2.45, 2.75) is 78.7 Å². The maximum Gasteiger partial charge on any atom is 0.119 e. The Kier molecular flexibility index (Phi) is 8.44. The lowest BCUT2D eigenvalue weighted by Crippen LogP contribution is -2.18. The Labute approximate surface area is 162 Å². The molecule has 2 rings (SSSR count). The normalized spacial score (nSPS) is 11.1. The molecule has 0 spiro atoms. The van der Waals surface area contributed by atoms with Crippen LogP contribution >= 0.6 is 0 Å². The van der Waals surface area contributed by atoms with Crippen molar-refractivity contribution < 1.29 is 5.11 Å². The highest BCUT2D eigenvalue weighted by atomic mass is 28.2. The zero-order valence-corrected chi connectivity index (χ0v) is 18.0. The molecule has 0 bridgehead atoms. The average Bonchev–Trinajstić information content (AvgIpc) is 2.63. The van der Waals surface area contributed by atoms with Crippen molar-refractivity contribution in [1.82, 2.24) is 0 Å². The SMILES string of the molecule is CCCCc1cc(CC[Si]c2cccc(C)c2C)c(CCCC)cc1O. The zero-order valence-electron chi connectivity index (χ0n) is 17.0.